The van der Waals surface area contributed by atoms with Crippen molar-refractivity contribution < 1.29 is 9.18 Å². The number of aromatic nitrogens is 3. The van der Waals surface area contributed by atoms with Gasteiger partial charge in [0, 0.05) is 30.9 Å². The van der Waals surface area contributed by atoms with Crippen LogP contribution in [0.2, 0.25) is 0 Å². The topological polar surface area (TPSA) is 59.8 Å². The molecule has 0 spiro atoms. The van der Waals surface area contributed by atoms with Crippen molar-refractivity contribution in [2.45, 2.75) is 0 Å². The molecule has 0 aliphatic heterocycles. The van der Waals surface area contributed by atoms with Gasteiger partial charge in [-0.05, 0) is 6.07 Å². The standard InChI is InChI=1S/C10H9FN4O/c1-15-9(3-5-13-15)14-10(16)7-2-4-12-8(11)6-7/h2-6H,1H3,(H,14,16). The van der Waals surface area contributed by atoms with Gasteiger partial charge in [-0.25, -0.2) is 4.98 Å². The number of anilines is 1. The lowest BCUT2D eigenvalue weighted by Gasteiger charge is -2.04. The molecule has 0 atom stereocenters. The zero-order chi connectivity index (χ0) is 11.5. The van der Waals surface area contributed by atoms with Gasteiger partial charge in [0.1, 0.15) is 5.82 Å². The maximum absolute atomic E-state index is 12.8. The fraction of sp³-hybridized carbons (Fsp3) is 0.100. The number of pyridine rings is 1. The van der Waals surface area contributed by atoms with Crippen LogP contribution in [0.1, 0.15) is 10.4 Å². The summed E-state index contributed by atoms with van der Waals surface area (Å²) in [6, 6.07) is 4.16. The van der Waals surface area contributed by atoms with Crippen molar-refractivity contribution in [1.82, 2.24) is 14.8 Å². The summed E-state index contributed by atoms with van der Waals surface area (Å²) in [5.41, 5.74) is 0.216. The number of aryl methyl sites for hydroxylation is 1. The second kappa shape index (κ2) is 4.09. The van der Waals surface area contributed by atoms with E-state index in [1.165, 1.54) is 16.9 Å². The first kappa shape index (κ1) is 10.3. The fourth-order valence-corrected chi connectivity index (χ4v) is 1.23. The molecule has 1 amide bonds. The molecule has 0 aliphatic rings. The summed E-state index contributed by atoms with van der Waals surface area (Å²) in [5, 5.41) is 6.50. The van der Waals surface area contributed by atoms with E-state index in [-0.39, 0.29) is 5.56 Å². The molecule has 2 rings (SSSR count). The smallest absolute Gasteiger partial charge is 0.257 e. The van der Waals surface area contributed by atoms with Crippen molar-refractivity contribution in [2.75, 3.05) is 5.32 Å². The van der Waals surface area contributed by atoms with Gasteiger partial charge < -0.3 is 5.32 Å². The van der Waals surface area contributed by atoms with Crippen LogP contribution in [-0.2, 0) is 7.05 Å². The Morgan fingerprint density at radius 3 is 2.88 bits per heavy atom. The van der Waals surface area contributed by atoms with E-state index in [4.69, 9.17) is 0 Å². The fourth-order valence-electron chi connectivity index (χ4n) is 1.23. The highest BCUT2D eigenvalue weighted by Crippen LogP contribution is 2.07. The summed E-state index contributed by atoms with van der Waals surface area (Å²) >= 11 is 0. The SMILES string of the molecule is Cn1nccc1NC(=O)c1ccnc(F)c1. The first-order valence-corrected chi connectivity index (χ1v) is 4.58. The Hall–Kier alpha value is -2.24. The van der Waals surface area contributed by atoms with Gasteiger partial charge in [-0.3, -0.25) is 9.48 Å². The average molecular weight is 220 g/mol. The number of halogens is 1. The zero-order valence-corrected chi connectivity index (χ0v) is 8.51. The average Bonchev–Trinajstić information content (AvgIpc) is 2.64. The van der Waals surface area contributed by atoms with Crippen LogP contribution in [0.15, 0.2) is 30.6 Å². The number of hydrogen-bond acceptors (Lipinski definition) is 3. The minimum absolute atomic E-state index is 0.216. The Kier molecular flexibility index (Phi) is 2.63. The molecule has 0 unspecified atom stereocenters. The highest BCUT2D eigenvalue weighted by molar-refractivity contribution is 6.03. The van der Waals surface area contributed by atoms with Gasteiger partial charge in [-0.2, -0.15) is 9.49 Å². The van der Waals surface area contributed by atoms with Gasteiger partial charge in [-0.1, -0.05) is 0 Å². The Morgan fingerprint density at radius 1 is 1.44 bits per heavy atom. The number of nitrogens with one attached hydrogen (secondary N) is 1. The van der Waals surface area contributed by atoms with E-state index in [9.17, 15) is 9.18 Å². The van der Waals surface area contributed by atoms with Crippen LogP contribution in [0.3, 0.4) is 0 Å². The van der Waals surface area contributed by atoms with Gasteiger partial charge in [-0.15, -0.1) is 0 Å². The number of amides is 1. The Morgan fingerprint density at radius 2 is 2.25 bits per heavy atom. The van der Waals surface area contributed by atoms with E-state index in [1.807, 2.05) is 0 Å². The van der Waals surface area contributed by atoms with E-state index >= 15 is 0 Å². The van der Waals surface area contributed by atoms with Gasteiger partial charge in [0.25, 0.3) is 5.91 Å². The summed E-state index contributed by atoms with van der Waals surface area (Å²) in [5.74, 6) is -0.537. The predicted octanol–water partition coefficient (Wildman–Crippen LogP) is 1.21. The van der Waals surface area contributed by atoms with E-state index < -0.39 is 11.9 Å². The third kappa shape index (κ3) is 2.05. The van der Waals surface area contributed by atoms with Crippen LogP contribution >= 0.6 is 0 Å². The Balaban J connectivity index is 2.18. The molecule has 0 fully saturated rings. The van der Waals surface area contributed by atoms with Gasteiger partial charge in [0.2, 0.25) is 5.95 Å². The Labute approximate surface area is 90.9 Å². The van der Waals surface area contributed by atoms with Crippen molar-refractivity contribution in [1.29, 1.82) is 0 Å². The highest BCUT2D eigenvalue weighted by Gasteiger charge is 2.08. The summed E-state index contributed by atoms with van der Waals surface area (Å²) in [7, 11) is 1.70. The van der Waals surface area contributed by atoms with E-state index in [0.717, 1.165) is 6.07 Å². The molecule has 0 aromatic carbocycles. The van der Waals surface area contributed by atoms with Crippen LogP contribution in [0.25, 0.3) is 0 Å². The molecule has 1 N–H and O–H groups in total. The summed E-state index contributed by atoms with van der Waals surface area (Å²) < 4.78 is 14.3. The number of carbonyl (C=O) groups is 1. The summed E-state index contributed by atoms with van der Waals surface area (Å²) in [4.78, 5) is 15.0. The van der Waals surface area contributed by atoms with Crippen molar-refractivity contribution in [3.05, 3.63) is 42.1 Å². The second-order valence-corrected chi connectivity index (χ2v) is 3.16. The predicted molar refractivity (Wildman–Crippen MR) is 55.4 cm³/mol. The molecule has 2 aromatic heterocycles. The van der Waals surface area contributed by atoms with Gasteiger partial charge in [0.15, 0.2) is 0 Å². The molecule has 2 heterocycles. The Bertz CT molecular complexity index is 523. The van der Waals surface area contributed by atoms with Crippen molar-refractivity contribution in [3.8, 4) is 0 Å². The zero-order valence-electron chi connectivity index (χ0n) is 8.51. The number of nitrogens with zero attached hydrogens (tertiary/aromatic N) is 3. The van der Waals surface area contributed by atoms with Crippen LogP contribution in [0.4, 0.5) is 10.2 Å². The molecular formula is C10H9FN4O. The minimum Gasteiger partial charge on any atom is -0.307 e. The maximum Gasteiger partial charge on any atom is 0.257 e. The molecule has 5 nitrogen and oxygen atoms in total. The van der Waals surface area contributed by atoms with Crippen molar-refractivity contribution in [3.63, 3.8) is 0 Å². The maximum atomic E-state index is 12.8. The van der Waals surface area contributed by atoms with Crippen LogP contribution < -0.4 is 5.32 Å². The molecule has 0 saturated carbocycles. The minimum atomic E-state index is -0.683. The highest BCUT2D eigenvalue weighted by atomic mass is 19.1. The summed E-state index contributed by atoms with van der Waals surface area (Å²) in [6.07, 6.45) is 2.80. The lowest BCUT2D eigenvalue weighted by Crippen LogP contribution is -2.14. The molecular weight excluding hydrogens is 211 g/mol. The number of rotatable bonds is 2. The lowest BCUT2D eigenvalue weighted by atomic mass is 10.2. The van der Waals surface area contributed by atoms with Crippen molar-refractivity contribution in [2.24, 2.45) is 7.05 Å². The first-order valence-electron chi connectivity index (χ1n) is 4.58. The quantitative estimate of drug-likeness (QED) is 0.774. The van der Waals surface area contributed by atoms with Gasteiger partial charge >= 0.3 is 0 Å². The molecule has 2 aromatic rings. The molecule has 6 heteroatoms. The largest absolute Gasteiger partial charge is 0.307 e. The molecule has 0 bridgehead atoms. The molecule has 0 radical (unpaired) electrons. The lowest BCUT2D eigenvalue weighted by molar-refractivity contribution is 0.102. The molecule has 0 aliphatic carbocycles. The number of carbonyl (C=O) groups excluding carboxylic acids is 1. The third-order valence-corrected chi connectivity index (χ3v) is 2.05. The van der Waals surface area contributed by atoms with E-state index in [1.54, 1.807) is 19.3 Å². The van der Waals surface area contributed by atoms with Gasteiger partial charge in [0.05, 0.1) is 6.20 Å². The third-order valence-electron chi connectivity index (χ3n) is 2.05. The first-order chi connectivity index (χ1) is 7.66. The molecule has 16 heavy (non-hydrogen) atoms. The monoisotopic (exact) mass is 220 g/mol. The van der Waals surface area contributed by atoms with Crippen molar-refractivity contribution >= 4 is 11.7 Å². The van der Waals surface area contributed by atoms with Crippen LogP contribution in [-0.4, -0.2) is 20.7 Å². The van der Waals surface area contributed by atoms with E-state index in [2.05, 4.69) is 15.4 Å². The second-order valence-electron chi connectivity index (χ2n) is 3.16. The molecule has 0 saturated heterocycles. The van der Waals surface area contributed by atoms with Crippen LogP contribution in [0.5, 0.6) is 0 Å². The van der Waals surface area contributed by atoms with Crippen LogP contribution in [0, 0.1) is 5.95 Å². The number of hydrogen-bond donors (Lipinski definition) is 1. The summed E-state index contributed by atoms with van der Waals surface area (Å²) in [6.45, 7) is 0. The normalized spacial score (nSPS) is 10.1. The molecule has 82 valence electrons. The van der Waals surface area contributed by atoms with E-state index in [0.29, 0.717) is 5.82 Å².